The minimum atomic E-state index is -0.0690. The number of rotatable bonds is 3. The Kier molecular flexibility index (Phi) is 5.34. The molecule has 8 rings (SSSR count). The van der Waals surface area contributed by atoms with Gasteiger partial charge in [0.25, 0.3) is 0 Å². The molecule has 0 bridgehead atoms. The maximum atomic E-state index is 5.01. The van der Waals surface area contributed by atoms with Crippen LogP contribution in [-0.2, 0) is 5.41 Å². The van der Waals surface area contributed by atoms with E-state index in [1.165, 1.54) is 55.6 Å². The maximum absolute atomic E-state index is 5.01. The lowest BCUT2D eigenvalue weighted by Crippen LogP contribution is -2.30. The van der Waals surface area contributed by atoms with Crippen LogP contribution in [0.4, 0.5) is 17.1 Å². The summed E-state index contributed by atoms with van der Waals surface area (Å²) in [5.74, 6) is 0.774. The first-order valence-electron chi connectivity index (χ1n) is 13.9. The Labute approximate surface area is 243 Å². The SMILES string of the molecule is CC1(C)c2ccccc2N(c2ccc(-c3nc(-c4cccc5cc6ccccc6cc45)ns3)cc2)c2ccccc21. The van der Waals surface area contributed by atoms with E-state index in [2.05, 4.69) is 146 Å². The molecule has 0 amide bonds. The molecule has 0 saturated heterocycles. The van der Waals surface area contributed by atoms with Crippen molar-refractivity contribution in [1.82, 2.24) is 9.36 Å². The summed E-state index contributed by atoms with van der Waals surface area (Å²) in [5, 5.41) is 5.77. The van der Waals surface area contributed by atoms with Crippen molar-refractivity contribution in [2.75, 3.05) is 4.90 Å². The van der Waals surface area contributed by atoms with Crippen LogP contribution in [0.25, 0.3) is 43.5 Å². The van der Waals surface area contributed by atoms with Crippen LogP contribution < -0.4 is 4.90 Å². The van der Waals surface area contributed by atoms with Gasteiger partial charge in [-0.05, 0) is 92.7 Å². The lowest BCUT2D eigenvalue weighted by molar-refractivity contribution is 0.632. The summed E-state index contributed by atoms with van der Waals surface area (Å²) >= 11 is 1.45. The minimum Gasteiger partial charge on any atom is -0.310 e. The van der Waals surface area contributed by atoms with E-state index in [4.69, 9.17) is 9.36 Å². The van der Waals surface area contributed by atoms with Crippen LogP contribution in [-0.4, -0.2) is 9.36 Å². The maximum Gasteiger partial charge on any atom is 0.174 e. The molecule has 7 aromatic rings. The van der Waals surface area contributed by atoms with Crippen molar-refractivity contribution in [3.63, 3.8) is 0 Å². The van der Waals surface area contributed by atoms with Crippen LogP contribution in [0, 0.1) is 0 Å². The molecule has 1 aliphatic rings. The standard InChI is InChI=1S/C37H27N3S/c1-37(2)31-14-5-7-16-33(31)40(34-17-8-6-15-32(34)37)28-20-18-24(19-21-28)36-38-35(39-41-36)29-13-9-12-27-22-25-10-3-4-11-26(25)23-30(27)29/h3-23H,1-2H3. The molecule has 0 aliphatic carbocycles. The highest BCUT2D eigenvalue weighted by Gasteiger charge is 2.36. The summed E-state index contributed by atoms with van der Waals surface area (Å²) in [7, 11) is 0. The van der Waals surface area contributed by atoms with Gasteiger partial charge in [-0.25, -0.2) is 4.98 Å². The van der Waals surface area contributed by atoms with Gasteiger partial charge in [-0.3, -0.25) is 0 Å². The first-order chi connectivity index (χ1) is 20.1. The Morgan fingerprint density at radius 2 is 1.22 bits per heavy atom. The Bertz CT molecular complexity index is 2040. The Morgan fingerprint density at radius 3 is 1.93 bits per heavy atom. The Hall–Kier alpha value is -4.80. The van der Waals surface area contributed by atoms with Crippen molar-refractivity contribution in [2.24, 2.45) is 0 Å². The van der Waals surface area contributed by atoms with Crippen molar-refractivity contribution in [3.8, 4) is 22.0 Å². The van der Waals surface area contributed by atoms with Crippen molar-refractivity contribution in [1.29, 1.82) is 0 Å². The normalized spacial score (nSPS) is 13.8. The summed E-state index contributed by atoms with van der Waals surface area (Å²) in [4.78, 5) is 7.39. The predicted octanol–water partition coefficient (Wildman–Crippen LogP) is 10.3. The van der Waals surface area contributed by atoms with Gasteiger partial charge in [0.2, 0.25) is 0 Å². The van der Waals surface area contributed by atoms with Gasteiger partial charge in [-0.1, -0.05) is 92.7 Å². The number of aromatic nitrogens is 2. The van der Waals surface area contributed by atoms with Crippen LogP contribution in [0.1, 0.15) is 25.0 Å². The molecule has 0 atom stereocenters. The van der Waals surface area contributed by atoms with E-state index in [1.54, 1.807) is 0 Å². The number of para-hydroxylation sites is 2. The highest BCUT2D eigenvalue weighted by Crippen LogP contribution is 2.51. The molecule has 1 aromatic heterocycles. The van der Waals surface area contributed by atoms with Gasteiger partial charge >= 0.3 is 0 Å². The number of hydrogen-bond acceptors (Lipinski definition) is 4. The first kappa shape index (κ1) is 24.0. The van der Waals surface area contributed by atoms with Crippen LogP contribution in [0.5, 0.6) is 0 Å². The molecule has 0 unspecified atom stereocenters. The zero-order valence-electron chi connectivity index (χ0n) is 22.9. The van der Waals surface area contributed by atoms with E-state index in [-0.39, 0.29) is 5.41 Å². The molecule has 0 spiro atoms. The van der Waals surface area contributed by atoms with Crippen LogP contribution in [0.3, 0.4) is 0 Å². The molecule has 41 heavy (non-hydrogen) atoms. The molecule has 0 saturated carbocycles. The quantitative estimate of drug-likeness (QED) is 0.207. The largest absolute Gasteiger partial charge is 0.310 e. The topological polar surface area (TPSA) is 29.0 Å². The monoisotopic (exact) mass is 545 g/mol. The third kappa shape index (κ3) is 3.79. The predicted molar refractivity (Wildman–Crippen MR) is 173 cm³/mol. The molecule has 0 fully saturated rings. The lowest BCUT2D eigenvalue weighted by atomic mass is 9.73. The van der Waals surface area contributed by atoms with Crippen LogP contribution in [0.15, 0.2) is 127 Å². The Balaban J connectivity index is 1.17. The second kappa shape index (κ2) is 9.12. The molecule has 0 N–H and O–H groups in total. The zero-order chi connectivity index (χ0) is 27.6. The molecule has 1 aliphatic heterocycles. The van der Waals surface area contributed by atoms with Crippen LogP contribution in [0.2, 0.25) is 0 Å². The number of benzene rings is 6. The van der Waals surface area contributed by atoms with E-state index < -0.39 is 0 Å². The van der Waals surface area contributed by atoms with E-state index in [9.17, 15) is 0 Å². The average molecular weight is 546 g/mol. The van der Waals surface area contributed by atoms with E-state index in [0.717, 1.165) is 27.6 Å². The van der Waals surface area contributed by atoms with E-state index >= 15 is 0 Å². The van der Waals surface area contributed by atoms with Gasteiger partial charge < -0.3 is 4.90 Å². The lowest BCUT2D eigenvalue weighted by Gasteiger charge is -2.42. The number of hydrogen-bond donors (Lipinski definition) is 0. The van der Waals surface area contributed by atoms with Gasteiger partial charge in [0.1, 0.15) is 5.01 Å². The smallest absolute Gasteiger partial charge is 0.174 e. The Morgan fingerprint density at radius 1 is 0.610 bits per heavy atom. The van der Waals surface area contributed by atoms with Crippen molar-refractivity contribution in [2.45, 2.75) is 19.3 Å². The third-order valence-electron chi connectivity index (χ3n) is 8.42. The fourth-order valence-electron chi connectivity index (χ4n) is 6.31. The number of nitrogens with zero attached hydrogens (tertiary/aromatic N) is 3. The highest BCUT2D eigenvalue weighted by molar-refractivity contribution is 7.09. The van der Waals surface area contributed by atoms with Crippen LogP contribution >= 0.6 is 11.5 Å². The third-order valence-corrected chi connectivity index (χ3v) is 9.19. The molecule has 4 heteroatoms. The molecule has 2 heterocycles. The highest BCUT2D eigenvalue weighted by atomic mass is 32.1. The average Bonchev–Trinajstić information content (AvgIpc) is 3.51. The van der Waals surface area contributed by atoms with Gasteiger partial charge in [0, 0.05) is 22.2 Å². The molecule has 0 radical (unpaired) electrons. The van der Waals surface area contributed by atoms with Gasteiger partial charge in [0.05, 0.1) is 11.4 Å². The molecular formula is C37H27N3S. The molecule has 196 valence electrons. The summed E-state index contributed by atoms with van der Waals surface area (Å²) < 4.78 is 4.80. The molecule has 3 nitrogen and oxygen atoms in total. The summed E-state index contributed by atoms with van der Waals surface area (Å²) in [6, 6.07) is 45.6. The van der Waals surface area contributed by atoms with Gasteiger partial charge in [-0.2, -0.15) is 4.37 Å². The fourth-order valence-corrected chi connectivity index (χ4v) is 6.99. The molecule has 6 aromatic carbocycles. The zero-order valence-corrected chi connectivity index (χ0v) is 23.7. The summed E-state index contributed by atoms with van der Waals surface area (Å²) in [6.45, 7) is 4.63. The van der Waals surface area contributed by atoms with E-state index in [0.29, 0.717) is 0 Å². The second-order valence-electron chi connectivity index (χ2n) is 11.2. The van der Waals surface area contributed by atoms with E-state index in [1.807, 2.05) is 0 Å². The summed E-state index contributed by atoms with van der Waals surface area (Å²) in [6.07, 6.45) is 0. The fraction of sp³-hybridized carbons (Fsp3) is 0.0811. The van der Waals surface area contributed by atoms with Crippen molar-refractivity contribution in [3.05, 3.63) is 139 Å². The first-order valence-corrected chi connectivity index (χ1v) is 14.7. The van der Waals surface area contributed by atoms with Crippen molar-refractivity contribution < 1.29 is 0 Å². The molecular weight excluding hydrogens is 518 g/mol. The summed E-state index contributed by atoms with van der Waals surface area (Å²) in [5.41, 5.74) is 8.32. The van der Waals surface area contributed by atoms with Gasteiger partial charge in [-0.15, -0.1) is 0 Å². The van der Waals surface area contributed by atoms with Gasteiger partial charge in [0.15, 0.2) is 5.82 Å². The number of anilines is 3. The number of fused-ring (bicyclic) bond motifs is 4. The second-order valence-corrected chi connectivity index (χ2v) is 11.9. The van der Waals surface area contributed by atoms with Crippen molar-refractivity contribution >= 4 is 50.1 Å². The minimum absolute atomic E-state index is 0.0690.